The summed E-state index contributed by atoms with van der Waals surface area (Å²) >= 11 is 0. The van der Waals surface area contributed by atoms with E-state index in [1.807, 2.05) is 35.2 Å². The van der Waals surface area contributed by atoms with Gasteiger partial charge in [0, 0.05) is 12.5 Å². The average molecular weight is 245 g/mol. The first-order chi connectivity index (χ1) is 8.57. The molecule has 96 valence electrons. The van der Waals surface area contributed by atoms with Crippen LogP contribution >= 0.6 is 0 Å². The van der Waals surface area contributed by atoms with Gasteiger partial charge < -0.3 is 10.0 Å². The summed E-state index contributed by atoms with van der Waals surface area (Å²) in [5.41, 5.74) is 1.21. The molecule has 2 aliphatic rings. The van der Waals surface area contributed by atoms with Gasteiger partial charge in [-0.3, -0.25) is 4.79 Å². The third-order valence-electron chi connectivity index (χ3n) is 4.66. The molecule has 2 fully saturated rings. The van der Waals surface area contributed by atoms with Crippen LogP contribution in [-0.2, 0) is 11.3 Å². The van der Waals surface area contributed by atoms with Crippen molar-refractivity contribution in [3.05, 3.63) is 35.9 Å². The summed E-state index contributed by atoms with van der Waals surface area (Å²) < 4.78 is 0. The van der Waals surface area contributed by atoms with Crippen molar-refractivity contribution >= 4 is 5.91 Å². The first-order valence-electron chi connectivity index (χ1n) is 6.52. The van der Waals surface area contributed by atoms with Crippen molar-refractivity contribution in [3.8, 4) is 0 Å². The highest BCUT2D eigenvalue weighted by molar-refractivity contribution is 5.87. The van der Waals surface area contributed by atoms with Crippen LogP contribution in [0.4, 0.5) is 0 Å². The number of piperidine rings is 1. The van der Waals surface area contributed by atoms with E-state index >= 15 is 0 Å². The number of carbonyl (C=O) groups excluding carboxylic acids is 1. The van der Waals surface area contributed by atoms with Crippen molar-refractivity contribution in [2.45, 2.75) is 26.4 Å². The Hall–Kier alpha value is -1.35. The molecule has 1 aromatic rings. The van der Waals surface area contributed by atoms with Crippen LogP contribution in [0.15, 0.2) is 30.3 Å². The van der Waals surface area contributed by atoms with Gasteiger partial charge in [0.05, 0.1) is 12.6 Å². The Labute approximate surface area is 107 Å². The van der Waals surface area contributed by atoms with Gasteiger partial charge >= 0.3 is 0 Å². The average Bonchev–Trinajstić information content (AvgIpc) is 2.78. The molecular formula is C15H19NO2. The van der Waals surface area contributed by atoms with Crippen LogP contribution in [0.25, 0.3) is 0 Å². The van der Waals surface area contributed by atoms with Crippen LogP contribution in [-0.4, -0.2) is 28.6 Å². The predicted octanol–water partition coefficient (Wildman–Crippen LogP) is 1.66. The van der Waals surface area contributed by atoms with Gasteiger partial charge in [0.2, 0.25) is 5.91 Å². The lowest BCUT2D eigenvalue weighted by atomic mass is 10.0. The number of aliphatic hydroxyl groups excluding tert-OH is 1. The zero-order chi connectivity index (χ0) is 12.9. The maximum absolute atomic E-state index is 12.4. The van der Waals surface area contributed by atoms with Crippen molar-refractivity contribution < 1.29 is 9.90 Å². The smallest absolute Gasteiger partial charge is 0.227 e. The van der Waals surface area contributed by atoms with Crippen LogP contribution in [0.1, 0.15) is 19.4 Å². The SMILES string of the molecule is CC1(C)C2C(=O)N(Cc3ccccc3)[C@H](CO)[C@H]21. The number of hydrogen-bond acceptors (Lipinski definition) is 2. The second kappa shape index (κ2) is 3.82. The first kappa shape index (κ1) is 11.7. The Morgan fingerprint density at radius 3 is 2.56 bits per heavy atom. The maximum Gasteiger partial charge on any atom is 0.227 e. The molecule has 0 radical (unpaired) electrons. The van der Waals surface area contributed by atoms with E-state index in [0.29, 0.717) is 12.5 Å². The van der Waals surface area contributed by atoms with E-state index < -0.39 is 0 Å². The molecule has 3 atom stereocenters. The fourth-order valence-electron chi connectivity index (χ4n) is 3.59. The topological polar surface area (TPSA) is 40.5 Å². The lowest BCUT2D eigenvalue weighted by molar-refractivity contribution is -0.134. The normalized spacial score (nSPS) is 32.5. The Morgan fingerprint density at radius 2 is 1.94 bits per heavy atom. The Morgan fingerprint density at radius 1 is 1.28 bits per heavy atom. The highest BCUT2D eigenvalue weighted by atomic mass is 16.3. The molecule has 0 bridgehead atoms. The second-order valence-electron chi connectivity index (χ2n) is 6.03. The van der Waals surface area contributed by atoms with Crippen LogP contribution in [0.3, 0.4) is 0 Å². The molecule has 3 heteroatoms. The van der Waals surface area contributed by atoms with Crippen LogP contribution in [0.5, 0.6) is 0 Å². The van der Waals surface area contributed by atoms with Crippen LogP contribution in [0, 0.1) is 17.3 Å². The van der Waals surface area contributed by atoms with Gasteiger partial charge in [0.25, 0.3) is 0 Å². The molecule has 0 aromatic heterocycles. The minimum Gasteiger partial charge on any atom is -0.394 e. The third-order valence-corrected chi connectivity index (χ3v) is 4.66. The molecule has 3 nitrogen and oxygen atoms in total. The van der Waals surface area contributed by atoms with E-state index in [-0.39, 0.29) is 29.9 Å². The molecule has 1 N–H and O–H groups in total. The van der Waals surface area contributed by atoms with E-state index in [1.54, 1.807) is 0 Å². The highest BCUT2D eigenvalue weighted by Gasteiger charge is 2.71. The number of amides is 1. The van der Waals surface area contributed by atoms with E-state index in [1.165, 1.54) is 0 Å². The zero-order valence-electron chi connectivity index (χ0n) is 10.8. The molecule has 1 saturated carbocycles. The number of carbonyl (C=O) groups is 1. The van der Waals surface area contributed by atoms with Gasteiger partial charge in [-0.1, -0.05) is 44.2 Å². The van der Waals surface area contributed by atoms with Crippen LogP contribution in [0.2, 0.25) is 0 Å². The van der Waals surface area contributed by atoms with E-state index in [9.17, 15) is 9.90 Å². The summed E-state index contributed by atoms with van der Waals surface area (Å²) in [5, 5.41) is 9.57. The number of likely N-dealkylation sites (tertiary alicyclic amines) is 1. The van der Waals surface area contributed by atoms with Crippen LogP contribution < -0.4 is 0 Å². The Balaban J connectivity index is 1.80. The van der Waals surface area contributed by atoms with E-state index in [0.717, 1.165) is 5.56 Å². The Kier molecular flexibility index (Phi) is 2.49. The quantitative estimate of drug-likeness (QED) is 0.880. The van der Waals surface area contributed by atoms with Crippen molar-refractivity contribution in [2.75, 3.05) is 6.61 Å². The summed E-state index contributed by atoms with van der Waals surface area (Å²) in [5.74, 6) is 0.671. The lowest BCUT2D eigenvalue weighted by Crippen LogP contribution is -2.41. The van der Waals surface area contributed by atoms with Crippen molar-refractivity contribution in [2.24, 2.45) is 17.3 Å². The molecule has 1 aromatic carbocycles. The first-order valence-corrected chi connectivity index (χ1v) is 6.52. The number of aliphatic hydroxyl groups is 1. The number of benzene rings is 1. The monoisotopic (exact) mass is 245 g/mol. The number of rotatable bonds is 3. The predicted molar refractivity (Wildman–Crippen MR) is 68.6 cm³/mol. The summed E-state index contributed by atoms with van der Waals surface area (Å²) in [6.07, 6.45) is 0. The fourth-order valence-corrected chi connectivity index (χ4v) is 3.59. The lowest BCUT2D eigenvalue weighted by Gasteiger charge is -2.29. The zero-order valence-corrected chi connectivity index (χ0v) is 10.8. The number of hydrogen-bond donors (Lipinski definition) is 1. The summed E-state index contributed by atoms with van der Waals surface area (Å²) in [6.45, 7) is 4.95. The summed E-state index contributed by atoms with van der Waals surface area (Å²) in [6, 6.07) is 9.98. The molecule has 1 aliphatic carbocycles. The minimum atomic E-state index is -0.00212. The van der Waals surface area contributed by atoms with E-state index in [2.05, 4.69) is 13.8 Å². The van der Waals surface area contributed by atoms with Crippen molar-refractivity contribution in [1.82, 2.24) is 4.90 Å². The minimum absolute atomic E-state index is 0.00212. The largest absolute Gasteiger partial charge is 0.394 e. The fraction of sp³-hybridized carbons (Fsp3) is 0.533. The summed E-state index contributed by atoms with van der Waals surface area (Å²) in [4.78, 5) is 14.2. The standard InChI is InChI=1S/C15H19NO2/c1-15(2)12-11(9-17)16(14(18)13(12)15)8-10-6-4-3-5-7-10/h3-7,11-13,17H,8-9H2,1-2H3/t11-,12-,13?/m1/s1. The van der Waals surface area contributed by atoms with Gasteiger partial charge in [-0.25, -0.2) is 0 Å². The molecule has 1 saturated heterocycles. The molecule has 18 heavy (non-hydrogen) atoms. The molecule has 1 heterocycles. The van der Waals surface area contributed by atoms with Crippen molar-refractivity contribution in [1.29, 1.82) is 0 Å². The molecule has 1 aliphatic heterocycles. The molecule has 1 amide bonds. The van der Waals surface area contributed by atoms with Gasteiger partial charge in [0.1, 0.15) is 0 Å². The molecule has 0 spiro atoms. The van der Waals surface area contributed by atoms with Gasteiger partial charge in [0.15, 0.2) is 0 Å². The molecule has 3 rings (SSSR count). The summed E-state index contributed by atoms with van der Waals surface area (Å²) in [7, 11) is 0. The maximum atomic E-state index is 12.4. The van der Waals surface area contributed by atoms with Gasteiger partial charge in [-0.15, -0.1) is 0 Å². The Bertz CT molecular complexity index is 469. The molecule has 1 unspecified atom stereocenters. The highest BCUT2D eigenvalue weighted by Crippen LogP contribution is 2.65. The van der Waals surface area contributed by atoms with Gasteiger partial charge in [-0.05, 0) is 16.9 Å². The van der Waals surface area contributed by atoms with E-state index in [4.69, 9.17) is 0 Å². The van der Waals surface area contributed by atoms with Crippen molar-refractivity contribution in [3.63, 3.8) is 0 Å². The van der Waals surface area contributed by atoms with Gasteiger partial charge in [-0.2, -0.15) is 0 Å². The molecular weight excluding hydrogens is 226 g/mol. The second-order valence-corrected chi connectivity index (χ2v) is 6.03. The third kappa shape index (κ3) is 1.50. The number of fused-ring (bicyclic) bond motifs is 1. The number of nitrogens with zero attached hydrogens (tertiary/aromatic N) is 1.